The fourth-order valence-electron chi connectivity index (χ4n) is 3.21. The third-order valence-corrected chi connectivity index (χ3v) is 5.80. The highest BCUT2D eigenvalue weighted by Crippen LogP contribution is 2.50. The molecule has 1 saturated heterocycles. The summed E-state index contributed by atoms with van der Waals surface area (Å²) in [4.78, 5) is 14.5. The van der Waals surface area contributed by atoms with Gasteiger partial charge in [-0.3, -0.25) is 4.79 Å². The maximum Gasteiger partial charge on any atom is 0.223 e. The molecule has 2 aliphatic rings. The van der Waals surface area contributed by atoms with Crippen molar-refractivity contribution in [2.24, 2.45) is 16.7 Å². The van der Waals surface area contributed by atoms with Gasteiger partial charge in [-0.2, -0.15) is 12.6 Å². The first-order chi connectivity index (χ1) is 8.86. The van der Waals surface area contributed by atoms with E-state index in [0.29, 0.717) is 11.3 Å². The van der Waals surface area contributed by atoms with E-state index in [1.54, 1.807) is 0 Å². The third kappa shape index (κ3) is 3.90. The Morgan fingerprint density at radius 2 is 1.95 bits per heavy atom. The first kappa shape index (κ1) is 15.2. The lowest BCUT2D eigenvalue weighted by atomic mass is 9.77. The lowest BCUT2D eigenvalue weighted by Crippen LogP contribution is -2.34. The first-order valence-electron chi connectivity index (χ1n) is 7.75. The number of rotatable bonds is 3. The average Bonchev–Trinajstić information content (AvgIpc) is 3.10. The van der Waals surface area contributed by atoms with Crippen LogP contribution in [0.25, 0.3) is 0 Å². The standard InChI is InChI=1S/C16H29NOS/c1-15(2,3)13-5-4-9-17(10-6-13)14(18)11-16(12-19)7-8-16/h13,19H,4-12H2,1-3H3. The summed E-state index contributed by atoms with van der Waals surface area (Å²) in [6.07, 6.45) is 6.73. The summed E-state index contributed by atoms with van der Waals surface area (Å²) < 4.78 is 0. The molecule has 0 aromatic heterocycles. The van der Waals surface area contributed by atoms with Crippen molar-refractivity contribution >= 4 is 18.5 Å². The molecular weight excluding hydrogens is 254 g/mol. The van der Waals surface area contributed by atoms with Crippen LogP contribution in [-0.2, 0) is 4.79 Å². The van der Waals surface area contributed by atoms with Gasteiger partial charge in [-0.05, 0) is 54.6 Å². The molecule has 110 valence electrons. The molecule has 0 spiro atoms. The van der Waals surface area contributed by atoms with Gasteiger partial charge >= 0.3 is 0 Å². The molecule has 2 fully saturated rings. The molecular formula is C16H29NOS. The number of nitrogens with zero attached hydrogens (tertiary/aromatic N) is 1. The highest BCUT2D eigenvalue weighted by atomic mass is 32.1. The van der Waals surface area contributed by atoms with E-state index in [0.717, 1.165) is 31.2 Å². The molecule has 0 radical (unpaired) electrons. The van der Waals surface area contributed by atoms with Crippen LogP contribution in [-0.4, -0.2) is 29.6 Å². The maximum absolute atomic E-state index is 12.4. The molecule has 1 saturated carbocycles. The van der Waals surface area contributed by atoms with Crippen molar-refractivity contribution in [1.29, 1.82) is 0 Å². The van der Waals surface area contributed by atoms with Crippen molar-refractivity contribution in [3.8, 4) is 0 Å². The summed E-state index contributed by atoms with van der Waals surface area (Å²) in [6, 6.07) is 0. The van der Waals surface area contributed by atoms with Gasteiger partial charge in [-0.25, -0.2) is 0 Å². The Kier molecular flexibility index (Phi) is 4.54. The zero-order valence-electron chi connectivity index (χ0n) is 12.7. The van der Waals surface area contributed by atoms with Crippen molar-refractivity contribution in [3.05, 3.63) is 0 Å². The molecule has 0 bridgehead atoms. The van der Waals surface area contributed by atoms with Crippen LogP contribution in [0.2, 0.25) is 0 Å². The minimum atomic E-state index is 0.260. The lowest BCUT2D eigenvalue weighted by Gasteiger charge is -2.30. The van der Waals surface area contributed by atoms with Crippen LogP contribution in [0.5, 0.6) is 0 Å². The second kappa shape index (κ2) is 5.67. The van der Waals surface area contributed by atoms with E-state index in [1.807, 2.05) is 0 Å². The number of amides is 1. The molecule has 0 aromatic carbocycles. The van der Waals surface area contributed by atoms with Gasteiger partial charge in [-0.1, -0.05) is 20.8 Å². The number of likely N-dealkylation sites (tertiary alicyclic amines) is 1. The molecule has 19 heavy (non-hydrogen) atoms. The van der Waals surface area contributed by atoms with Gasteiger partial charge in [0.15, 0.2) is 0 Å². The summed E-state index contributed by atoms with van der Waals surface area (Å²) in [5.74, 6) is 2.00. The summed E-state index contributed by atoms with van der Waals surface area (Å²) in [5.41, 5.74) is 0.637. The fraction of sp³-hybridized carbons (Fsp3) is 0.938. The van der Waals surface area contributed by atoms with Crippen molar-refractivity contribution in [3.63, 3.8) is 0 Å². The summed E-state index contributed by atoms with van der Waals surface area (Å²) in [5, 5.41) is 0. The number of thiol groups is 1. The molecule has 0 N–H and O–H groups in total. The van der Waals surface area contributed by atoms with Crippen molar-refractivity contribution in [1.82, 2.24) is 4.90 Å². The third-order valence-electron chi connectivity index (χ3n) is 5.12. The van der Waals surface area contributed by atoms with Crippen LogP contribution in [0.3, 0.4) is 0 Å². The topological polar surface area (TPSA) is 20.3 Å². The Morgan fingerprint density at radius 3 is 2.47 bits per heavy atom. The highest BCUT2D eigenvalue weighted by molar-refractivity contribution is 7.80. The quantitative estimate of drug-likeness (QED) is 0.782. The average molecular weight is 283 g/mol. The second-order valence-corrected chi connectivity index (χ2v) is 8.03. The van der Waals surface area contributed by atoms with Crippen LogP contribution in [0.15, 0.2) is 0 Å². The van der Waals surface area contributed by atoms with E-state index in [2.05, 4.69) is 38.3 Å². The molecule has 1 unspecified atom stereocenters. The van der Waals surface area contributed by atoms with E-state index in [1.165, 1.54) is 32.1 Å². The molecule has 1 amide bonds. The minimum absolute atomic E-state index is 0.260. The van der Waals surface area contributed by atoms with Crippen molar-refractivity contribution < 1.29 is 4.79 Å². The van der Waals surface area contributed by atoms with Gasteiger partial charge in [0.1, 0.15) is 0 Å². The van der Waals surface area contributed by atoms with Crippen LogP contribution in [0, 0.1) is 16.7 Å². The maximum atomic E-state index is 12.4. The number of carbonyl (C=O) groups is 1. The number of hydrogen-bond acceptors (Lipinski definition) is 2. The highest BCUT2D eigenvalue weighted by Gasteiger charge is 2.43. The van der Waals surface area contributed by atoms with Crippen LogP contribution < -0.4 is 0 Å². The van der Waals surface area contributed by atoms with E-state index in [9.17, 15) is 4.79 Å². The zero-order valence-corrected chi connectivity index (χ0v) is 13.6. The predicted molar refractivity (Wildman–Crippen MR) is 83.5 cm³/mol. The Hall–Kier alpha value is -0.180. The van der Waals surface area contributed by atoms with Gasteiger partial charge in [0, 0.05) is 19.5 Å². The largest absolute Gasteiger partial charge is 0.343 e. The molecule has 1 aliphatic heterocycles. The van der Waals surface area contributed by atoms with Crippen LogP contribution >= 0.6 is 12.6 Å². The van der Waals surface area contributed by atoms with E-state index in [-0.39, 0.29) is 5.41 Å². The summed E-state index contributed by atoms with van der Waals surface area (Å²) >= 11 is 4.40. The van der Waals surface area contributed by atoms with Gasteiger partial charge in [-0.15, -0.1) is 0 Å². The van der Waals surface area contributed by atoms with E-state index < -0.39 is 0 Å². The fourth-order valence-corrected chi connectivity index (χ4v) is 3.64. The molecule has 2 nitrogen and oxygen atoms in total. The van der Waals surface area contributed by atoms with Crippen LogP contribution in [0.4, 0.5) is 0 Å². The Balaban J connectivity index is 1.87. The smallest absolute Gasteiger partial charge is 0.223 e. The van der Waals surface area contributed by atoms with E-state index in [4.69, 9.17) is 0 Å². The minimum Gasteiger partial charge on any atom is -0.343 e. The summed E-state index contributed by atoms with van der Waals surface area (Å²) in [7, 11) is 0. The Labute approximate surface area is 123 Å². The molecule has 1 atom stereocenters. The zero-order chi connectivity index (χ0) is 14.1. The Morgan fingerprint density at radius 1 is 1.26 bits per heavy atom. The molecule has 1 heterocycles. The van der Waals surface area contributed by atoms with Gasteiger partial charge in [0.2, 0.25) is 5.91 Å². The van der Waals surface area contributed by atoms with Crippen molar-refractivity contribution in [2.75, 3.05) is 18.8 Å². The normalized spacial score (nSPS) is 26.9. The van der Waals surface area contributed by atoms with Gasteiger partial charge < -0.3 is 4.90 Å². The monoisotopic (exact) mass is 283 g/mol. The molecule has 2 rings (SSSR count). The van der Waals surface area contributed by atoms with Crippen molar-refractivity contribution in [2.45, 2.75) is 59.3 Å². The molecule has 3 heteroatoms. The SMILES string of the molecule is CC(C)(C)C1CCCN(C(=O)CC2(CS)CC2)CC1. The lowest BCUT2D eigenvalue weighted by molar-refractivity contribution is -0.132. The molecule has 1 aliphatic carbocycles. The number of hydrogen-bond donors (Lipinski definition) is 1. The molecule has 0 aromatic rings. The number of carbonyl (C=O) groups excluding carboxylic acids is 1. The first-order valence-corrected chi connectivity index (χ1v) is 8.38. The van der Waals surface area contributed by atoms with Gasteiger partial charge in [0.05, 0.1) is 0 Å². The van der Waals surface area contributed by atoms with Crippen LogP contribution in [0.1, 0.15) is 59.3 Å². The second-order valence-electron chi connectivity index (χ2n) is 7.71. The van der Waals surface area contributed by atoms with E-state index >= 15 is 0 Å². The Bertz CT molecular complexity index is 330. The predicted octanol–water partition coefficient (Wildman–Crippen LogP) is 3.76. The summed E-state index contributed by atoms with van der Waals surface area (Å²) in [6.45, 7) is 8.91. The van der Waals surface area contributed by atoms with Gasteiger partial charge in [0.25, 0.3) is 0 Å².